The van der Waals surface area contributed by atoms with Gasteiger partial charge in [-0.1, -0.05) is 12.1 Å². The second-order valence-electron chi connectivity index (χ2n) is 4.68. The number of nitrogens with one attached hydrogen (secondary N) is 2. The molecule has 1 amide bonds. The zero-order valence-electron chi connectivity index (χ0n) is 11.0. The first-order valence-electron chi connectivity index (χ1n) is 6.38. The summed E-state index contributed by atoms with van der Waals surface area (Å²) in [5.41, 5.74) is 0.925. The lowest BCUT2D eigenvalue weighted by molar-refractivity contribution is -0.384. The first-order valence-corrected chi connectivity index (χ1v) is 6.38. The molecule has 1 aromatic carbocycles. The smallest absolute Gasteiger partial charge is 0.269 e. The number of hydrogen-bond donors (Lipinski definition) is 2. The minimum Gasteiger partial charge on any atom is -0.352 e. The molecule has 1 heterocycles. The number of carbonyl (C=O) groups is 1. The third kappa shape index (κ3) is 4.47. The van der Waals surface area contributed by atoms with Crippen molar-refractivity contribution in [1.29, 1.82) is 0 Å². The molecule has 0 saturated carbocycles. The van der Waals surface area contributed by atoms with Crippen LogP contribution in [0.15, 0.2) is 24.3 Å². The molecule has 0 bridgehead atoms. The van der Waals surface area contributed by atoms with Gasteiger partial charge >= 0.3 is 0 Å². The Balaban J connectivity index is 0.00000200. The SMILES string of the molecule is Cl.O=C(NCc1ccc([N+](=O)[O-])cc1)[C@@H]1CCCNC1. The van der Waals surface area contributed by atoms with E-state index in [1.165, 1.54) is 12.1 Å². The number of halogens is 1. The van der Waals surface area contributed by atoms with Gasteiger partial charge in [-0.2, -0.15) is 0 Å². The van der Waals surface area contributed by atoms with Crippen LogP contribution in [0.5, 0.6) is 0 Å². The highest BCUT2D eigenvalue weighted by atomic mass is 35.5. The van der Waals surface area contributed by atoms with Crippen LogP contribution in [0.25, 0.3) is 0 Å². The molecule has 20 heavy (non-hydrogen) atoms. The van der Waals surface area contributed by atoms with Gasteiger partial charge in [-0.25, -0.2) is 0 Å². The number of nitro groups is 1. The van der Waals surface area contributed by atoms with Gasteiger partial charge in [0.05, 0.1) is 10.8 Å². The highest BCUT2D eigenvalue weighted by Gasteiger charge is 2.20. The maximum absolute atomic E-state index is 11.9. The average molecular weight is 300 g/mol. The van der Waals surface area contributed by atoms with E-state index in [1.54, 1.807) is 12.1 Å². The lowest BCUT2D eigenvalue weighted by atomic mass is 9.99. The Morgan fingerprint density at radius 3 is 2.65 bits per heavy atom. The zero-order valence-corrected chi connectivity index (χ0v) is 11.8. The number of rotatable bonds is 4. The molecule has 0 radical (unpaired) electrons. The monoisotopic (exact) mass is 299 g/mol. The second kappa shape index (κ2) is 7.81. The highest BCUT2D eigenvalue weighted by molar-refractivity contribution is 5.85. The molecule has 2 rings (SSSR count). The number of benzene rings is 1. The number of piperidine rings is 1. The molecule has 0 aromatic heterocycles. The Morgan fingerprint density at radius 2 is 2.10 bits per heavy atom. The number of non-ortho nitro benzene ring substituents is 1. The summed E-state index contributed by atoms with van der Waals surface area (Å²) in [6.07, 6.45) is 1.94. The van der Waals surface area contributed by atoms with Gasteiger partial charge in [0.1, 0.15) is 0 Å². The molecule has 1 aliphatic rings. The highest BCUT2D eigenvalue weighted by Crippen LogP contribution is 2.13. The van der Waals surface area contributed by atoms with Crippen molar-refractivity contribution in [2.45, 2.75) is 19.4 Å². The number of carbonyl (C=O) groups excluding carboxylic acids is 1. The topological polar surface area (TPSA) is 84.3 Å². The average Bonchev–Trinajstić information content (AvgIpc) is 2.46. The van der Waals surface area contributed by atoms with Crippen LogP contribution in [0.1, 0.15) is 18.4 Å². The standard InChI is InChI=1S/C13H17N3O3.ClH/c17-13(11-2-1-7-14-9-11)15-8-10-3-5-12(6-4-10)16(18)19;/h3-6,11,14H,1-2,7-9H2,(H,15,17);1H/t11-;/m1./s1. The van der Waals surface area contributed by atoms with E-state index in [9.17, 15) is 14.9 Å². The molecule has 6 nitrogen and oxygen atoms in total. The van der Waals surface area contributed by atoms with Crippen molar-refractivity contribution < 1.29 is 9.72 Å². The molecule has 1 atom stereocenters. The number of nitro benzene ring substituents is 1. The Hall–Kier alpha value is -1.66. The molecule has 7 heteroatoms. The molecular weight excluding hydrogens is 282 g/mol. The molecule has 110 valence electrons. The van der Waals surface area contributed by atoms with Crippen molar-refractivity contribution in [2.75, 3.05) is 13.1 Å². The largest absolute Gasteiger partial charge is 0.352 e. The number of amides is 1. The predicted molar refractivity (Wildman–Crippen MR) is 77.8 cm³/mol. The molecular formula is C13H18ClN3O3. The summed E-state index contributed by atoms with van der Waals surface area (Å²) < 4.78 is 0. The Bertz CT molecular complexity index is 458. The quantitative estimate of drug-likeness (QED) is 0.654. The lowest BCUT2D eigenvalue weighted by Crippen LogP contribution is -2.40. The van der Waals surface area contributed by atoms with Gasteiger partial charge in [-0.15, -0.1) is 12.4 Å². The Morgan fingerprint density at radius 1 is 1.40 bits per heavy atom. The van der Waals surface area contributed by atoms with E-state index < -0.39 is 4.92 Å². The van der Waals surface area contributed by atoms with Gasteiger partial charge in [0.25, 0.3) is 5.69 Å². The maximum Gasteiger partial charge on any atom is 0.269 e. The van der Waals surface area contributed by atoms with Crippen LogP contribution >= 0.6 is 12.4 Å². The van der Waals surface area contributed by atoms with Crippen LogP contribution in [0, 0.1) is 16.0 Å². The van der Waals surface area contributed by atoms with E-state index >= 15 is 0 Å². The molecule has 1 aromatic rings. The fourth-order valence-electron chi connectivity index (χ4n) is 2.14. The van der Waals surface area contributed by atoms with Crippen LogP contribution in [-0.2, 0) is 11.3 Å². The Kier molecular flexibility index (Phi) is 6.41. The fourth-order valence-corrected chi connectivity index (χ4v) is 2.14. The summed E-state index contributed by atoms with van der Waals surface area (Å²) in [4.78, 5) is 22.0. The zero-order chi connectivity index (χ0) is 13.7. The fraction of sp³-hybridized carbons (Fsp3) is 0.462. The summed E-state index contributed by atoms with van der Waals surface area (Å²) in [6, 6.07) is 6.22. The molecule has 0 spiro atoms. The van der Waals surface area contributed by atoms with Crippen molar-refractivity contribution in [3.8, 4) is 0 Å². The van der Waals surface area contributed by atoms with Gasteiger partial charge in [-0.05, 0) is 24.9 Å². The molecule has 1 saturated heterocycles. The second-order valence-corrected chi connectivity index (χ2v) is 4.68. The maximum atomic E-state index is 11.9. The van der Waals surface area contributed by atoms with Gasteiger partial charge in [0.2, 0.25) is 5.91 Å². The van der Waals surface area contributed by atoms with Gasteiger partial charge < -0.3 is 10.6 Å². The first-order chi connectivity index (χ1) is 9.16. The number of nitrogens with zero attached hydrogens (tertiary/aromatic N) is 1. The van der Waals surface area contributed by atoms with E-state index in [0.29, 0.717) is 6.54 Å². The van der Waals surface area contributed by atoms with Crippen LogP contribution in [-0.4, -0.2) is 23.9 Å². The van der Waals surface area contributed by atoms with Crippen molar-refractivity contribution in [3.05, 3.63) is 39.9 Å². The molecule has 0 unspecified atom stereocenters. The first kappa shape index (κ1) is 16.4. The van der Waals surface area contributed by atoms with E-state index in [1.807, 2.05) is 0 Å². The summed E-state index contributed by atoms with van der Waals surface area (Å²) in [7, 11) is 0. The Labute approximate surface area is 123 Å². The molecule has 0 aliphatic carbocycles. The van der Waals surface area contributed by atoms with Crippen molar-refractivity contribution >= 4 is 24.0 Å². The third-order valence-corrected chi connectivity index (χ3v) is 3.28. The summed E-state index contributed by atoms with van der Waals surface area (Å²) in [5.74, 6) is 0.0809. The van der Waals surface area contributed by atoms with E-state index in [-0.39, 0.29) is 29.9 Å². The van der Waals surface area contributed by atoms with E-state index in [4.69, 9.17) is 0 Å². The number of hydrogen-bond acceptors (Lipinski definition) is 4. The van der Waals surface area contributed by atoms with Crippen LogP contribution in [0.2, 0.25) is 0 Å². The molecule has 1 fully saturated rings. The minimum atomic E-state index is -0.434. The van der Waals surface area contributed by atoms with E-state index in [2.05, 4.69) is 10.6 Å². The van der Waals surface area contributed by atoms with Crippen molar-refractivity contribution in [1.82, 2.24) is 10.6 Å². The predicted octanol–water partition coefficient (Wildman–Crippen LogP) is 1.63. The minimum absolute atomic E-state index is 0. The van der Waals surface area contributed by atoms with Crippen molar-refractivity contribution in [2.24, 2.45) is 5.92 Å². The summed E-state index contributed by atoms with van der Waals surface area (Å²) >= 11 is 0. The normalized spacial score (nSPS) is 17.9. The lowest BCUT2D eigenvalue weighted by Gasteiger charge is -2.21. The summed E-state index contributed by atoms with van der Waals surface area (Å²) in [6.45, 7) is 2.12. The van der Waals surface area contributed by atoms with E-state index in [0.717, 1.165) is 31.5 Å². The molecule has 2 N–H and O–H groups in total. The molecule has 1 aliphatic heterocycles. The van der Waals surface area contributed by atoms with Gasteiger partial charge in [-0.3, -0.25) is 14.9 Å². The van der Waals surface area contributed by atoms with Crippen molar-refractivity contribution in [3.63, 3.8) is 0 Å². The van der Waals surface area contributed by atoms with Crippen LogP contribution < -0.4 is 10.6 Å². The van der Waals surface area contributed by atoms with Gasteiger partial charge in [0, 0.05) is 25.2 Å². The van der Waals surface area contributed by atoms with Crippen LogP contribution in [0.4, 0.5) is 5.69 Å². The third-order valence-electron chi connectivity index (χ3n) is 3.28. The van der Waals surface area contributed by atoms with Gasteiger partial charge in [0.15, 0.2) is 0 Å². The van der Waals surface area contributed by atoms with Crippen LogP contribution in [0.3, 0.4) is 0 Å². The summed E-state index contributed by atoms with van der Waals surface area (Å²) in [5, 5.41) is 16.6.